The van der Waals surface area contributed by atoms with Gasteiger partial charge in [-0.05, 0) is 35.0 Å². The summed E-state index contributed by atoms with van der Waals surface area (Å²) in [6.07, 6.45) is 15.6. The molecule has 7 rings (SSSR count). The summed E-state index contributed by atoms with van der Waals surface area (Å²) in [7, 11) is 0. The quantitative estimate of drug-likeness (QED) is 0.149. The summed E-state index contributed by atoms with van der Waals surface area (Å²) >= 11 is 2.45. The number of hydrogen-bond acceptors (Lipinski definition) is 5. The van der Waals surface area contributed by atoms with Crippen molar-refractivity contribution in [2.45, 2.75) is 18.8 Å². The molecule has 2 aliphatic carbocycles. The van der Waals surface area contributed by atoms with Crippen LogP contribution < -0.4 is 10.7 Å². The van der Waals surface area contributed by atoms with Crippen LogP contribution in [0.5, 0.6) is 0 Å². The number of allylic oxidation sites excluding steroid dienone is 7. The smallest absolute Gasteiger partial charge is 0.373 e. The van der Waals surface area contributed by atoms with Crippen LogP contribution in [-0.2, 0) is 0 Å². The molecule has 3 aromatic carbocycles. The minimum atomic E-state index is -0.157. The second kappa shape index (κ2) is 10.3. The molecule has 0 radical (unpaired) electrons. The number of benzene rings is 3. The highest BCUT2D eigenvalue weighted by Crippen LogP contribution is 2.39. The Morgan fingerprint density at radius 2 is 1.38 bits per heavy atom. The van der Waals surface area contributed by atoms with Gasteiger partial charge in [-0.1, -0.05) is 115 Å². The molecule has 1 aromatic heterocycles. The Hall–Kier alpha value is -3.98. The molecule has 0 saturated carbocycles. The highest BCUT2D eigenvalue weighted by atomic mass is 127. The molecular formula is C32H25BIN5. The normalized spacial score (nSPS) is 16.0. The third kappa shape index (κ3) is 4.50. The van der Waals surface area contributed by atoms with Gasteiger partial charge in [-0.3, -0.25) is 0 Å². The summed E-state index contributed by atoms with van der Waals surface area (Å²) in [5.74, 6) is 2.09. The Kier molecular flexibility index (Phi) is 6.36. The predicted molar refractivity (Wildman–Crippen MR) is 168 cm³/mol. The fraction of sp³-hybridized carbons (Fsp3) is 0.0938. The van der Waals surface area contributed by atoms with Gasteiger partial charge in [0.05, 0.1) is 0 Å². The maximum atomic E-state index is 4.94. The van der Waals surface area contributed by atoms with Gasteiger partial charge in [0.15, 0.2) is 11.6 Å². The van der Waals surface area contributed by atoms with E-state index in [1.54, 1.807) is 0 Å². The number of halogens is 1. The summed E-state index contributed by atoms with van der Waals surface area (Å²) < 4.78 is 2.31. The topological polar surface area (TPSA) is 53.9 Å². The molecule has 0 unspecified atom stereocenters. The highest BCUT2D eigenvalue weighted by molar-refractivity contribution is 14.1. The van der Waals surface area contributed by atoms with Crippen LogP contribution in [0.25, 0.3) is 28.3 Å². The molecule has 188 valence electrons. The number of fused-ring (bicyclic) bond motifs is 3. The average Bonchev–Trinajstić information content (AvgIpc) is 3.55. The molecule has 0 atom stereocenters. The van der Waals surface area contributed by atoms with Crippen molar-refractivity contribution in [3.05, 3.63) is 132 Å². The molecule has 4 aromatic rings. The van der Waals surface area contributed by atoms with E-state index in [-0.39, 0.29) is 12.9 Å². The lowest BCUT2D eigenvalue weighted by molar-refractivity contribution is 0.896. The molecule has 0 amide bonds. The van der Waals surface area contributed by atoms with Crippen molar-refractivity contribution < 1.29 is 0 Å². The minimum Gasteiger partial charge on any atom is -0.373 e. The highest BCUT2D eigenvalue weighted by Gasteiger charge is 2.40. The lowest BCUT2D eigenvalue weighted by Gasteiger charge is -2.38. The van der Waals surface area contributed by atoms with Gasteiger partial charge in [-0.15, -0.1) is 0 Å². The molecule has 5 nitrogen and oxygen atoms in total. The van der Waals surface area contributed by atoms with Gasteiger partial charge in [0.1, 0.15) is 0 Å². The molecule has 2 heterocycles. The molecule has 1 N–H and O–H groups in total. The minimum absolute atomic E-state index is 0.157. The molecule has 1 aliphatic heterocycles. The standard InChI is InChI=1S/C32H25BIN5/c34-39-28-21-10-9-18-26(28)27-20-11-19-25(22-12-7-8-13-22)29(27)33(39)38-32-36-30(23-14-3-1-4-15-23)35-31(37-32)24-16-5-2-6-17-24/h1-8,11-22H,9-10H2,(H,35,36,37,38). The average molecular weight is 617 g/mol. The van der Waals surface area contributed by atoms with Crippen molar-refractivity contribution in [1.82, 2.24) is 18.0 Å². The van der Waals surface area contributed by atoms with Crippen LogP contribution >= 0.6 is 22.9 Å². The zero-order valence-electron chi connectivity index (χ0n) is 21.2. The molecule has 0 spiro atoms. The van der Waals surface area contributed by atoms with E-state index in [9.17, 15) is 0 Å². The van der Waals surface area contributed by atoms with Crippen LogP contribution in [0.1, 0.15) is 29.9 Å². The van der Waals surface area contributed by atoms with Gasteiger partial charge in [0, 0.05) is 45.6 Å². The van der Waals surface area contributed by atoms with Crippen molar-refractivity contribution in [2.24, 2.45) is 0 Å². The predicted octanol–water partition coefficient (Wildman–Crippen LogP) is 6.95. The number of anilines is 1. The molecule has 0 bridgehead atoms. The lowest BCUT2D eigenvalue weighted by atomic mass is 9.58. The largest absolute Gasteiger partial charge is 0.421 e. The van der Waals surface area contributed by atoms with E-state index in [0.29, 0.717) is 17.6 Å². The first-order valence-corrected chi connectivity index (χ1v) is 14.2. The van der Waals surface area contributed by atoms with Crippen LogP contribution in [0.15, 0.2) is 121 Å². The summed E-state index contributed by atoms with van der Waals surface area (Å²) in [4.78, 5) is 14.7. The Morgan fingerprint density at radius 3 is 2.05 bits per heavy atom. The number of aromatic nitrogens is 3. The van der Waals surface area contributed by atoms with Crippen LogP contribution in [0.4, 0.5) is 5.95 Å². The van der Waals surface area contributed by atoms with Gasteiger partial charge in [-0.25, -0.2) is 4.98 Å². The monoisotopic (exact) mass is 617 g/mol. The van der Waals surface area contributed by atoms with Crippen LogP contribution in [0.2, 0.25) is 0 Å². The van der Waals surface area contributed by atoms with Crippen molar-refractivity contribution in [2.75, 3.05) is 5.23 Å². The van der Waals surface area contributed by atoms with Crippen LogP contribution in [0.3, 0.4) is 0 Å². The second-order valence-corrected chi connectivity index (χ2v) is 10.8. The molecule has 0 fully saturated rings. The third-order valence-electron chi connectivity index (χ3n) is 7.36. The van der Waals surface area contributed by atoms with Crippen molar-refractivity contribution in [3.8, 4) is 22.8 Å². The Bertz CT molecular complexity index is 1590. The van der Waals surface area contributed by atoms with E-state index in [1.165, 1.54) is 27.9 Å². The summed E-state index contributed by atoms with van der Waals surface area (Å²) in [5, 5.41) is 3.74. The number of rotatable bonds is 5. The molecular weight excluding hydrogens is 592 g/mol. The van der Waals surface area contributed by atoms with E-state index in [1.807, 2.05) is 60.7 Å². The summed E-state index contributed by atoms with van der Waals surface area (Å²) in [5.41, 5.74) is 8.29. The first-order valence-electron chi connectivity index (χ1n) is 13.2. The molecule has 3 aliphatic rings. The third-order valence-corrected chi connectivity index (χ3v) is 8.44. The SMILES string of the molecule is IN1B(Nc2nc(-c3ccccc3)nc(-c3ccccc3)n2)c2c(cccc2C2C=CC=C2)C2=CCCC=C21. The zero-order valence-corrected chi connectivity index (χ0v) is 23.4. The fourth-order valence-corrected chi connectivity index (χ4v) is 6.42. The van der Waals surface area contributed by atoms with E-state index in [4.69, 9.17) is 15.0 Å². The Labute approximate surface area is 242 Å². The van der Waals surface area contributed by atoms with E-state index in [2.05, 4.69) is 85.8 Å². The van der Waals surface area contributed by atoms with Gasteiger partial charge in [0.2, 0.25) is 5.95 Å². The summed E-state index contributed by atoms with van der Waals surface area (Å²) in [6, 6.07) is 26.9. The van der Waals surface area contributed by atoms with Crippen LogP contribution in [0, 0.1) is 0 Å². The zero-order chi connectivity index (χ0) is 26.2. The number of hydrogen-bond donors (Lipinski definition) is 1. The fourth-order valence-electron chi connectivity index (χ4n) is 5.54. The maximum Gasteiger partial charge on any atom is 0.421 e. The Balaban J connectivity index is 1.38. The van der Waals surface area contributed by atoms with Crippen molar-refractivity contribution in [3.63, 3.8) is 0 Å². The van der Waals surface area contributed by atoms with E-state index < -0.39 is 0 Å². The first-order chi connectivity index (χ1) is 19.3. The van der Waals surface area contributed by atoms with Crippen molar-refractivity contribution in [1.29, 1.82) is 0 Å². The molecule has 39 heavy (non-hydrogen) atoms. The number of nitrogens with one attached hydrogen (secondary N) is 1. The van der Waals surface area contributed by atoms with E-state index in [0.717, 1.165) is 24.0 Å². The van der Waals surface area contributed by atoms with Gasteiger partial charge in [-0.2, -0.15) is 9.97 Å². The maximum absolute atomic E-state index is 4.94. The first kappa shape index (κ1) is 24.1. The van der Waals surface area contributed by atoms with Gasteiger partial charge in [0.25, 0.3) is 0 Å². The molecule has 0 saturated heterocycles. The van der Waals surface area contributed by atoms with Gasteiger partial charge < -0.3 is 8.25 Å². The van der Waals surface area contributed by atoms with E-state index >= 15 is 0 Å². The second-order valence-electron chi connectivity index (χ2n) is 9.78. The summed E-state index contributed by atoms with van der Waals surface area (Å²) in [6.45, 7) is -0.157. The van der Waals surface area contributed by atoms with Gasteiger partial charge >= 0.3 is 6.98 Å². The van der Waals surface area contributed by atoms with Crippen LogP contribution in [-0.4, -0.2) is 25.0 Å². The van der Waals surface area contributed by atoms with Crippen molar-refractivity contribution >= 4 is 46.8 Å². The Morgan fingerprint density at radius 1 is 0.744 bits per heavy atom. The lowest BCUT2D eigenvalue weighted by Crippen LogP contribution is -2.55. The molecule has 7 heteroatoms. The number of nitrogens with zero attached hydrogens (tertiary/aromatic N) is 4.